The van der Waals surface area contributed by atoms with E-state index < -0.39 is 0 Å². The molecule has 0 aromatic heterocycles. The Morgan fingerprint density at radius 3 is 2.08 bits per heavy atom. The third-order valence-electron chi connectivity index (χ3n) is 1.74. The van der Waals surface area contributed by atoms with Crippen LogP contribution in [0, 0.1) is 11.8 Å². The zero-order chi connectivity index (χ0) is 10.9. The zero-order valence-corrected chi connectivity index (χ0v) is 9.98. The van der Waals surface area contributed by atoms with Gasteiger partial charge in [-0.15, -0.1) is 0 Å². The second-order valence-corrected chi connectivity index (χ2v) is 3.45. The largest absolute Gasteiger partial charge is 0.356 e. The van der Waals surface area contributed by atoms with E-state index in [0.29, 0.717) is 5.92 Å². The summed E-state index contributed by atoms with van der Waals surface area (Å²) in [4.78, 5) is 11.2. The number of hydrogen-bond acceptors (Lipinski definition) is 1. The van der Waals surface area contributed by atoms with E-state index in [2.05, 4.69) is 19.2 Å². The average Bonchev–Trinajstić information content (AvgIpc) is 2.16. The molecule has 1 unspecified atom stereocenters. The first-order valence-electron chi connectivity index (χ1n) is 5.35. The van der Waals surface area contributed by atoms with Crippen LogP contribution >= 0.6 is 0 Å². The molecule has 2 heteroatoms. The summed E-state index contributed by atoms with van der Waals surface area (Å²) in [5, 5.41) is 2.89. The molecule has 0 fully saturated rings. The van der Waals surface area contributed by atoms with E-state index in [-0.39, 0.29) is 13.3 Å². The Morgan fingerprint density at radius 2 is 1.77 bits per heavy atom. The smallest absolute Gasteiger partial charge is 0.222 e. The van der Waals surface area contributed by atoms with Gasteiger partial charge in [-0.25, -0.2) is 0 Å². The van der Waals surface area contributed by atoms with Crippen LogP contribution < -0.4 is 5.32 Å². The molecule has 13 heavy (non-hydrogen) atoms. The minimum atomic E-state index is 0. The van der Waals surface area contributed by atoms with Gasteiger partial charge < -0.3 is 5.32 Å². The Morgan fingerprint density at radius 1 is 1.31 bits per heavy atom. The van der Waals surface area contributed by atoms with Gasteiger partial charge in [-0.05, 0) is 12.3 Å². The van der Waals surface area contributed by atoms with Gasteiger partial charge in [0.1, 0.15) is 0 Å². The summed E-state index contributed by atoms with van der Waals surface area (Å²) in [5.74, 6) is 0.887. The van der Waals surface area contributed by atoms with E-state index in [1.54, 1.807) is 0 Å². The van der Waals surface area contributed by atoms with Gasteiger partial charge in [0.05, 0.1) is 0 Å². The van der Waals surface area contributed by atoms with Crippen LogP contribution in [0.25, 0.3) is 0 Å². The molecule has 0 aliphatic heterocycles. The molecule has 0 saturated carbocycles. The Hall–Kier alpha value is -0.530. The van der Waals surface area contributed by atoms with Crippen LogP contribution in [0.2, 0.25) is 0 Å². The summed E-state index contributed by atoms with van der Waals surface area (Å²) in [5.41, 5.74) is 0. The van der Waals surface area contributed by atoms with E-state index in [9.17, 15) is 4.79 Å². The Labute approximate surface area is 84.6 Å². The van der Waals surface area contributed by atoms with Crippen molar-refractivity contribution in [1.29, 1.82) is 0 Å². The first-order valence-corrected chi connectivity index (χ1v) is 5.35. The molecule has 0 aliphatic rings. The normalized spacial score (nSPS) is 11.6. The molecule has 1 atom stereocenters. The fourth-order valence-electron chi connectivity index (χ4n) is 0.664. The maximum absolute atomic E-state index is 11.2. The number of amides is 1. The molecule has 2 nitrogen and oxygen atoms in total. The fraction of sp³-hybridized carbons (Fsp3) is 0.909. The van der Waals surface area contributed by atoms with Crippen molar-refractivity contribution < 1.29 is 6.22 Å². The van der Waals surface area contributed by atoms with Crippen LogP contribution in [-0.4, -0.2) is 12.5 Å². The van der Waals surface area contributed by atoms with Gasteiger partial charge in [0, 0.05) is 13.9 Å². The number of nitrogens with one attached hydrogen (secondary N) is 1. The SMILES string of the molecule is CC.CCC(C)C(=O)NCC(C)C.[HH]. The van der Waals surface area contributed by atoms with Gasteiger partial charge in [0.25, 0.3) is 0 Å². The summed E-state index contributed by atoms with van der Waals surface area (Å²) >= 11 is 0. The molecule has 0 spiro atoms. The summed E-state index contributed by atoms with van der Waals surface area (Å²) in [6.07, 6.45) is 0.921. The molecule has 82 valence electrons. The maximum atomic E-state index is 11.2. The monoisotopic (exact) mass is 189 g/mol. The van der Waals surface area contributed by atoms with Crippen LogP contribution in [0.15, 0.2) is 0 Å². The maximum Gasteiger partial charge on any atom is 0.222 e. The lowest BCUT2D eigenvalue weighted by molar-refractivity contribution is -0.124. The first kappa shape index (κ1) is 15.0. The predicted octanol–water partition coefficient (Wildman–Crippen LogP) is 3.08. The third-order valence-corrected chi connectivity index (χ3v) is 1.74. The van der Waals surface area contributed by atoms with Crippen molar-refractivity contribution in [3.05, 3.63) is 0 Å². The molecule has 0 radical (unpaired) electrons. The molecule has 0 bridgehead atoms. The minimum absolute atomic E-state index is 0. The lowest BCUT2D eigenvalue weighted by Gasteiger charge is -2.11. The lowest BCUT2D eigenvalue weighted by atomic mass is 10.1. The molecule has 1 amide bonds. The van der Waals surface area contributed by atoms with E-state index in [4.69, 9.17) is 0 Å². The molecule has 1 N–H and O–H groups in total. The summed E-state index contributed by atoms with van der Waals surface area (Å²) < 4.78 is 0. The van der Waals surface area contributed by atoms with Crippen molar-refractivity contribution in [3.8, 4) is 0 Å². The predicted molar refractivity (Wildman–Crippen MR) is 60.8 cm³/mol. The van der Waals surface area contributed by atoms with Crippen molar-refractivity contribution in [2.24, 2.45) is 11.8 Å². The standard InChI is InChI=1S/C9H19NO.C2H6.H2/c1-5-8(4)9(11)10-6-7(2)3;1-2;/h7-8H,5-6H2,1-4H3,(H,10,11);1-2H3;1H. The molecule has 0 aromatic carbocycles. The second-order valence-electron chi connectivity index (χ2n) is 3.45. The van der Waals surface area contributed by atoms with Crippen molar-refractivity contribution in [1.82, 2.24) is 5.32 Å². The molecule has 0 aliphatic carbocycles. The minimum Gasteiger partial charge on any atom is -0.356 e. The van der Waals surface area contributed by atoms with Crippen LogP contribution in [0.1, 0.15) is 49.4 Å². The molecular formula is C11H27NO. The van der Waals surface area contributed by atoms with Gasteiger partial charge in [-0.1, -0.05) is 41.5 Å². The summed E-state index contributed by atoms with van der Waals surface area (Å²) in [6.45, 7) is 13.0. The lowest BCUT2D eigenvalue weighted by Crippen LogP contribution is -2.31. The summed E-state index contributed by atoms with van der Waals surface area (Å²) in [6, 6.07) is 0. The molecule has 0 rings (SSSR count). The van der Waals surface area contributed by atoms with Crippen molar-refractivity contribution >= 4 is 5.91 Å². The van der Waals surface area contributed by atoms with Gasteiger partial charge in [-0.2, -0.15) is 0 Å². The van der Waals surface area contributed by atoms with Crippen molar-refractivity contribution in [3.63, 3.8) is 0 Å². The summed E-state index contributed by atoms with van der Waals surface area (Å²) in [7, 11) is 0. The topological polar surface area (TPSA) is 29.1 Å². The second kappa shape index (κ2) is 9.56. The number of rotatable bonds is 4. The Balaban J connectivity index is -0.000000376. The Kier molecular flexibility index (Phi) is 11.0. The average molecular weight is 189 g/mol. The van der Waals surface area contributed by atoms with Crippen LogP contribution in [0.4, 0.5) is 0 Å². The highest BCUT2D eigenvalue weighted by Gasteiger charge is 2.09. The van der Waals surface area contributed by atoms with Crippen LogP contribution in [-0.2, 0) is 4.79 Å². The van der Waals surface area contributed by atoms with E-state index >= 15 is 0 Å². The van der Waals surface area contributed by atoms with Gasteiger partial charge in [-0.3, -0.25) is 4.79 Å². The van der Waals surface area contributed by atoms with Gasteiger partial charge in [0.2, 0.25) is 5.91 Å². The Bertz CT molecular complexity index is 126. The first-order chi connectivity index (χ1) is 6.07. The molecule has 0 saturated heterocycles. The van der Waals surface area contributed by atoms with E-state index in [1.807, 2.05) is 27.7 Å². The number of hydrogen-bond donors (Lipinski definition) is 1. The quantitative estimate of drug-likeness (QED) is 0.723. The van der Waals surface area contributed by atoms with Crippen molar-refractivity contribution in [2.75, 3.05) is 6.54 Å². The fourth-order valence-corrected chi connectivity index (χ4v) is 0.664. The van der Waals surface area contributed by atoms with Crippen LogP contribution in [0.5, 0.6) is 0 Å². The van der Waals surface area contributed by atoms with Gasteiger partial charge >= 0.3 is 0 Å². The molecule has 0 aromatic rings. The molecule has 0 heterocycles. The van der Waals surface area contributed by atoms with Gasteiger partial charge in [0.15, 0.2) is 0 Å². The highest BCUT2D eigenvalue weighted by atomic mass is 16.1. The van der Waals surface area contributed by atoms with Crippen molar-refractivity contribution in [2.45, 2.75) is 48.0 Å². The van der Waals surface area contributed by atoms with E-state index in [1.165, 1.54) is 0 Å². The highest BCUT2D eigenvalue weighted by molar-refractivity contribution is 5.78. The molecular weight excluding hydrogens is 162 g/mol. The van der Waals surface area contributed by atoms with E-state index in [0.717, 1.165) is 13.0 Å². The highest BCUT2D eigenvalue weighted by Crippen LogP contribution is 1.99. The number of carbonyl (C=O) groups excluding carboxylic acids is 1. The third kappa shape index (κ3) is 9.38. The zero-order valence-electron chi connectivity index (χ0n) is 9.98. The number of carbonyl (C=O) groups is 1. The van der Waals surface area contributed by atoms with Crippen LogP contribution in [0.3, 0.4) is 0 Å².